The molecule has 3 aromatic heterocycles. The third-order valence-electron chi connectivity index (χ3n) is 10.8. The van der Waals surface area contributed by atoms with Gasteiger partial charge in [0.05, 0.1) is 16.7 Å². The highest BCUT2D eigenvalue weighted by atomic mass is 32.1. The smallest absolute Gasteiger partial charge is 0.165 e. The van der Waals surface area contributed by atoms with Gasteiger partial charge in [-0.2, -0.15) is 0 Å². The van der Waals surface area contributed by atoms with Crippen molar-refractivity contribution in [2.75, 3.05) is 0 Å². The minimum atomic E-state index is 0.674. The Balaban J connectivity index is 1.14. The summed E-state index contributed by atoms with van der Waals surface area (Å²) >= 11 is 1.80. The molecule has 4 heterocycles. The molecule has 12 rings (SSSR count). The fourth-order valence-corrected chi connectivity index (χ4v) is 9.83. The molecular formula is C46H26N4S. The standard InChI is InChI=1S/C46H26N4S/c1-2-11-26(12-3-1)44-47-45(49-46(48-44)35-17-10-16-34-32-15-6-9-20-39(32)51-43(34)35)29-24-28-23-27-21-22-33-30-13-4-7-18-37(30)50-38-19-8-5-14-31(38)36(25-29)40(28)41(27)42(33)50/h1-22,24-25H,23H2. The Bertz CT molecular complexity index is 3120. The summed E-state index contributed by atoms with van der Waals surface area (Å²) in [6.45, 7) is 0. The van der Waals surface area contributed by atoms with E-state index in [1.807, 2.05) is 18.2 Å². The van der Waals surface area contributed by atoms with Crippen LogP contribution in [0.2, 0.25) is 0 Å². The summed E-state index contributed by atoms with van der Waals surface area (Å²) in [6.07, 6.45) is 0.871. The monoisotopic (exact) mass is 666 g/mol. The van der Waals surface area contributed by atoms with Gasteiger partial charge in [-0.15, -0.1) is 11.3 Å². The lowest BCUT2D eigenvalue weighted by atomic mass is 9.91. The molecular weight excluding hydrogens is 641 g/mol. The maximum atomic E-state index is 5.31. The van der Waals surface area contributed by atoms with Gasteiger partial charge in [-0.25, -0.2) is 15.0 Å². The molecule has 0 spiro atoms. The van der Waals surface area contributed by atoms with Crippen molar-refractivity contribution < 1.29 is 0 Å². The molecule has 0 atom stereocenters. The van der Waals surface area contributed by atoms with Gasteiger partial charge in [0.1, 0.15) is 0 Å². The van der Waals surface area contributed by atoms with Crippen molar-refractivity contribution in [3.63, 3.8) is 0 Å². The number of aromatic nitrogens is 4. The minimum Gasteiger partial charge on any atom is -0.308 e. The predicted octanol–water partition coefficient (Wildman–Crippen LogP) is 11.9. The zero-order chi connectivity index (χ0) is 33.2. The van der Waals surface area contributed by atoms with E-state index < -0.39 is 0 Å². The van der Waals surface area contributed by atoms with Crippen LogP contribution in [0.5, 0.6) is 0 Å². The van der Waals surface area contributed by atoms with Crippen LogP contribution < -0.4 is 0 Å². The van der Waals surface area contributed by atoms with Gasteiger partial charge in [0.15, 0.2) is 17.5 Å². The van der Waals surface area contributed by atoms with Crippen LogP contribution in [-0.4, -0.2) is 19.5 Å². The third kappa shape index (κ3) is 3.76. The maximum Gasteiger partial charge on any atom is 0.165 e. The molecule has 1 aliphatic heterocycles. The van der Waals surface area contributed by atoms with Crippen LogP contribution in [0.15, 0.2) is 146 Å². The van der Waals surface area contributed by atoms with Gasteiger partial charge in [-0.05, 0) is 65.1 Å². The maximum absolute atomic E-state index is 5.31. The van der Waals surface area contributed by atoms with Gasteiger partial charge < -0.3 is 4.57 Å². The van der Waals surface area contributed by atoms with E-state index in [1.165, 1.54) is 81.0 Å². The van der Waals surface area contributed by atoms with Crippen molar-refractivity contribution in [2.24, 2.45) is 0 Å². The van der Waals surface area contributed by atoms with Crippen LogP contribution in [0, 0.1) is 0 Å². The van der Waals surface area contributed by atoms with Gasteiger partial charge in [-0.3, -0.25) is 0 Å². The van der Waals surface area contributed by atoms with Crippen molar-refractivity contribution in [1.29, 1.82) is 0 Å². The van der Waals surface area contributed by atoms with Crippen molar-refractivity contribution in [2.45, 2.75) is 6.42 Å². The molecule has 5 heteroatoms. The summed E-state index contributed by atoms with van der Waals surface area (Å²) < 4.78 is 4.95. The second kappa shape index (κ2) is 10.1. The highest BCUT2D eigenvalue weighted by Crippen LogP contribution is 2.53. The summed E-state index contributed by atoms with van der Waals surface area (Å²) in [5, 5.41) is 5.08. The molecule has 0 saturated heterocycles. The van der Waals surface area contributed by atoms with Gasteiger partial charge in [-0.1, -0.05) is 109 Å². The summed E-state index contributed by atoms with van der Waals surface area (Å²) in [5.74, 6) is 2.05. The zero-order valence-corrected chi connectivity index (χ0v) is 28.1. The number of fused-ring (bicyclic) bond motifs is 9. The number of thiophene rings is 1. The van der Waals surface area contributed by atoms with Crippen LogP contribution in [0.1, 0.15) is 11.1 Å². The first-order valence-corrected chi connectivity index (χ1v) is 18.1. The number of hydrogen-bond donors (Lipinski definition) is 0. The Labute approximate surface area is 297 Å². The quantitative estimate of drug-likeness (QED) is 0.188. The van der Waals surface area contributed by atoms with Crippen molar-refractivity contribution >= 4 is 53.3 Å². The molecule has 0 amide bonds. The summed E-state index contributed by atoms with van der Waals surface area (Å²) in [6, 6.07) is 52.4. The lowest BCUT2D eigenvalue weighted by molar-refractivity contribution is 1.07. The highest BCUT2D eigenvalue weighted by Gasteiger charge is 2.32. The second-order valence-electron chi connectivity index (χ2n) is 13.6. The molecule has 0 unspecified atom stereocenters. The van der Waals surface area contributed by atoms with Crippen molar-refractivity contribution in [1.82, 2.24) is 19.5 Å². The minimum absolute atomic E-state index is 0.674. The summed E-state index contributed by atoms with van der Waals surface area (Å²) in [4.78, 5) is 15.7. The Morgan fingerprint density at radius 2 is 1.20 bits per heavy atom. The van der Waals surface area contributed by atoms with Gasteiger partial charge in [0, 0.05) is 58.8 Å². The average Bonchev–Trinajstić information content (AvgIpc) is 3.84. The third-order valence-corrected chi connectivity index (χ3v) is 12.0. The zero-order valence-electron chi connectivity index (χ0n) is 27.3. The lowest BCUT2D eigenvalue weighted by Crippen LogP contribution is -2.01. The molecule has 1 aliphatic carbocycles. The molecule has 0 N–H and O–H groups in total. The van der Waals surface area contributed by atoms with E-state index in [-0.39, 0.29) is 0 Å². The van der Waals surface area contributed by atoms with Crippen molar-refractivity contribution in [3.8, 4) is 62.1 Å². The number of rotatable bonds is 3. The molecule has 0 radical (unpaired) electrons. The van der Waals surface area contributed by atoms with Gasteiger partial charge in [0.2, 0.25) is 0 Å². The van der Waals surface area contributed by atoms with E-state index in [1.54, 1.807) is 11.3 Å². The molecule has 51 heavy (non-hydrogen) atoms. The average molecular weight is 667 g/mol. The van der Waals surface area contributed by atoms with Gasteiger partial charge in [0.25, 0.3) is 0 Å². The summed E-state index contributed by atoms with van der Waals surface area (Å²) in [5.41, 5.74) is 14.6. The van der Waals surface area contributed by atoms with E-state index >= 15 is 0 Å². The van der Waals surface area contributed by atoms with Crippen LogP contribution in [0.25, 0.3) is 104 Å². The topological polar surface area (TPSA) is 43.6 Å². The fraction of sp³-hybridized carbons (Fsp3) is 0.0217. The Hall–Kier alpha value is -6.43. The molecule has 10 aromatic rings. The second-order valence-corrected chi connectivity index (χ2v) is 14.6. The molecule has 0 saturated carbocycles. The number of hydrogen-bond acceptors (Lipinski definition) is 4. The van der Waals surface area contributed by atoms with E-state index in [9.17, 15) is 0 Å². The molecule has 0 fully saturated rings. The first-order valence-electron chi connectivity index (χ1n) is 17.3. The lowest BCUT2D eigenvalue weighted by Gasteiger charge is -2.15. The van der Waals surface area contributed by atoms with Crippen molar-refractivity contribution in [3.05, 3.63) is 157 Å². The number of para-hydroxylation sites is 2. The van der Waals surface area contributed by atoms with Crippen LogP contribution in [0.3, 0.4) is 0 Å². The van der Waals surface area contributed by atoms with Gasteiger partial charge >= 0.3 is 0 Å². The number of benzene rings is 7. The largest absolute Gasteiger partial charge is 0.308 e. The normalized spacial score (nSPS) is 12.6. The Morgan fingerprint density at radius 1 is 0.471 bits per heavy atom. The Kier molecular flexibility index (Phi) is 5.41. The Morgan fingerprint density at radius 3 is 2.12 bits per heavy atom. The van der Waals surface area contributed by atoms with E-state index in [2.05, 4.69) is 132 Å². The SMILES string of the molecule is c1ccc(-c2nc(-c3cc4c5c(c3)-c3ccccc3-n3c6ccccc6c6ccc(c-5c63)C4)nc(-c3cccc4c3sc3ccccc34)n2)cc1. The molecule has 236 valence electrons. The van der Waals surface area contributed by atoms with Crippen LogP contribution in [-0.2, 0) is 6.42 Å². The number of nitrogens with zero attached hydrogens (tertiary/aromatic N) is 4. The molecule has 7 aromatic carbocycles. The molecule has 0 bridgehead atoms. The first-order chi connectivity index (χ1) is 25.3. The van der Waals surface area contributed by atoms with E-state index in [0.717, 1.165) is 23.1 Å². The molecule has 4 nitrogen and oxygen atoms in total. The first kappa shape index (κ1) is 27.4. The highest BCUT2D eigenvalue weighted by molar-refractivity contribution is 7.26. The van der Waals surface area contributed by atoms with Crippen LogP contribution in [0.4, 0.5) is 0 Å². The predicted molar refractivity (Wildman–Crippen MR) is 211 cm³/mol. The summed E-state index contributed by atoms with van der Waals surface area (Å²) in [7, 11) is 0. The van der Waals surface area contributed by atoms with E-state index in [4.69, 9.17) is 15.0 Å². The van der Waals surface area contributed by atoms with Crippen LogP contribution >= 0.6 is 11.3 Å². The fourth-order valence-electron chi connectivity index (χ4n) is 8.62. The van der Waals surface area contributed by atoms with E-state index in [0.29, 0.717) is 17.5 Å². The molecule has 2 aliphatic rings.